The third-order valence-electron chi connectivity index (χ3n) is 4.08. The molecule has 0 radical (unpaired) electrons. The third-order valence-corrected chi connectivity index (χ3v) is 4.08. The Hall–Kier alpha value is -3.27. The van der Waals surface area contributed by atoms with Crippen molar-refractivity contribution in [1.82, 2.24) is 0 Å². The van der Waals surface area contributed by atoms with E-state index in [1.165, 1.54) is 12.1 Å². The number of hydrogen-bond acceptors (Lipinski definition) is 3. The molecule has 0 atom stereocenters. The molecule has 4 nitrogen and oxygen atoms in total. The predicted molar refractivity (Wildman–Crippen MR) is 90.8 cm³/mol. The van der Waals surface area contributed by atoms with Gasteiger partial charge in [-0.05, 0) is 22.4 Å². The van der Waals surface area contributed by atoms with Crippen molar-refractivity contribution in [3.63, 3.8) is 0 Å². The molecule has 0 saturated heterocycles. The second-order valence-electron chi connectivity index (χ2n) is 5.45. The first-order valence-electron chi connectivity index (χ1n) is 7.18. The van der Waals surface area contributed by atoms with Crippen LogP contribution in [0.5, 0.6) is 0 Å². The molecule has 0 saturated carbocycles. The maximum Gasteiger partial charge on any atom is 0.270 e. The lowest BCUT2D eigenvalue weighted by Crippen LogP contribution is -2.19. The van der Waals surface area contributed by atoms with Crippen molar-refractivity contribution in [2.75, 3.05) is 0 Å². The lowest BCUT2D eigenvalue weighted by Gasteiger charge is -1.96. The normalized spacial score (nSPS) is 12.3. The summed E-state index contributed by atoms with van der Waals surface area (Å²) in [5.41, 5.74) is 0.621. The maximum absolute atomic E-state index is 12.7. The van der Waals surface area contributed by atoms with Gasteiger partial charge in [-0.2, -0.15) is 0 Å². The van der Waals surface area contributed by atoms with E-state index in [4.69, 9.17) is 0 Å². The quantitative estimate of drug-likeness (QED) is 0.422. The standard InChI is InChI=1S/C19H11NO3/c21-19-16-9-3-6-13-5-2-8-15(18(13)16)17(19)11-12-4-1-7-14(10-12)20(22)23/h1-11H/b17-11+. The fourth-order valence-corrected chi connectivity index (χ4v) is 3.06. The Morgan fingerprint density at radius 3 is 2.35 bits per heavy atom. The third kappa shape index (κ3) is 2.04. The summed E-state index contributed by atoms with van der Waals surface area (Å²) in [5, 5.41) is 15.0. The van der Waals surface area contributed by atoms with Gasteiger partial charge < -0.3 is 0 Å². The average Bonchev–Trinajstić information content (AvgIpc) is 2.83. The molecule has 0 fully saturated rings. The number of rotatable bonds is 2. The van der Waals surface area contributed by atoms with Gasteiger partial charge in [0.05, 0.1) is 4.92 Å². The molecular weight excluding hydrogens is 290 g/mol. The smallest absolute Gasteiger partial charge is 0.270 e. The largest absolute Gasteiger partial charge is 0.289 e. The van der Waals surface area contributed by atoms with Crippen molar-refractivity contribution in [3.05, 3.63) is 91.8 Å². The van der Waals surface area contributed by atoms with E-state index in [-0.39, 0.29) is 11.1 Å². The maximum atomic E-state index is 12.7. The summed E-state index contributed by atoms with van der Waals surface area (Å²) in [6.07, 6.45) is 1.73. The molecule has 23 heavy (non-hydrogen) atoms. The van der Waals surface area contributed by atoms with Crippen LogP contribution in [0.3, 0.4) is 0 Å². The highest BCUT2D eigenvalue weighted by molar-refractivity contribution is 6.12. The van der Waals surface area contributed by atoms with Gasteiger partial charge in [0.1, 0.15) is 0 Å². The summed E-state index contributed by atoms with van der Waals surface area (Å²) >= 11 is 0. The van der Waals surface area contributed by atoms with Crippen LogP contribution in [0, 0.1) is 10.1 Å². The fraction of sp³-hybridized carbons (Fsp3) is 0. The first kappa shape index (κ1) is 13.4. The van der Waals surface area contributed by atoms with E-state index in [1.54, 1.807) is 18.2 Å². The van der Waals surface area contributed by atoms with Gasteiger partial charge in [0, 0.05) is 28.1 Å². The first-order valence-corrected chi connectivity index (χ1v) is 7.18. The SMILES string of the molecule is O=c1/c(=C/c2cccc([N+](=O)[O-])c2)c2cccc3cccc1c32. The summed E-state index contributed by atoms with van der Waals surface area (Å²) in [6.45, 7) is 0. The van der Waals surface area contributed by atoms with Crippen LogP contribution in [0.2, 0.25) is 0 Å². The molecule has 4 aromatic rings. The van der Waals surface area contributed by atoms with Crippen molar-refractivity contribution in [3.8, 4) is 0 Å². The molecule has 110 valence electrons. The highest BCUT2D eigenvalue weighted by atomic mass is 16.6. The number of nitro groups is 1. The zero-order valence-electron chi connectivity index (χ0n) is 12.0. The Bertz CT molecular complexity index is 1160. The fourth-order valence-electron chi connectivity index (χ4n) is 3.06. The Labute approximate surface area is 130 Å². The van der Waals surface area contributed by atoms with Crippen LogP contribution in [0.4, 0.5) is 5.69 Å². The summed E-state index contributed by atoms with van der Waals surface area (Å²) in [4.78, 5) is 23.2. The van der Waals surface area contributed by atoms with E-state index in [2.05, 4.69) is 0 Å². The summed E-state index contributed by atoms with van der Waals surface area (Å²) in [6, 6.07) is 17.8. The van der Waals surface area contributed by atoms with Gasteiger partial charge in [-0.15, -0.1) is 0 Å². The minimum Gasteiger partial charge on any atom is -0.289 e. The van der Waals surface area contributed by atoms with Gasteiger partial charge in [0.15, 0.2) is 5.43 Å². The molecule has 4 aromatic carbocycles. The number of non-ortho nitro benzene ring substituents is 1. The number of hydrogen-bond donors (Lipinski definition) is 0. The van der Waals surface area contributed by atoms with Gasteiger partial charge in [0.2, 0.25) is 0 Å². The molecule has 0 spiro atoms. The van der Waals surface area contributed by atoms with Crippen LogP contribution < -0.4 is 10.6 Å². The molecule has 0 bridgehead atoms. The van der Waals surface area contributed by atoms with E-state index in [9.17, 15) is 14.9 Å². The average molecular weight is 301 g/mol. The zero-order valence-corrected chi connectivity index (χ0v) is 12.0. The number of nitro benzene ring substituents is 1. The van der Waals surface area contributed by atoms with Crippen LogP contribution in [0.25, 0.3) is 27.6 Å². The molecule has 4 heteroatoms. The molecule has 0 aliphatic rings. The molecule has 0 aliphatic heterocycles. The summed E-state index contributed by atoms with van der Waals surface area (Å²) in [7, 11) is 0. The van der Waals surface area contributed by atoms with Gasteiger partial charge in [-0.1, -0.05) is 48.5 Å². The van der Waals surface area contributed by atoms with Crippen molar-refractivity contribution in [2.24, 2.45) is 0 Å². The number of nitrogens with zero attached hydrogens (tertiary/aromatic N) is 1. The topological polar surface area (TPSA) is 60.2 Å². The molecule has 0 heterocycles. The summed E-state index contributed by atoms with van der Waals surface area (Å²) < 4.78 is 0. The molecule has 0 N–H and O–H groups in total. The predicted octanol–water partition coefficient (Wildman–Crippen LogP) is 3.25. The van der Waals surface area contributed by atoms with E-state index in [0.29, 0.717) is 16.2 Å². The monoisotopic (exact) mass is 301 g/mol. The van der Waals surface area contributed by atoms with Gasteiger partial charge in [-0.25, -0.2) is 0 Å². The van der Waals surface area contributed by atoms with Crippen molar-refractivity contribution in [1.29, 1.82) is 0 Å². The van der Waals surface area contributed by atoms with Gasteiger partial charge in [0.25, 0.3) is 5.69 Å². The Balaban J connectivity index is 2.08. The highest BCUT2D eigenvalue weighted by Gasteiger charge is 2.11. The van der Waals surface area contributed by atoms with Crippen molar-refractivity contribution >= 4 is 33.3 Å². The van der Waals surface area contributed by atoms with Crippen LogP contribution in [-0.4, -0.2) is 4.92 Å². The molecule has 0 amide bonds. The van der Waals surface area contributed by atoms with Crippen molar-refractivity contribution in [2.45, 2.75) is 0 Å². The van der Waals surface area contributed by atoms with Crippen LogP contribution in [-0.2, 0) is 0 Å². The Morgan fingerprint density at radius 1 is 0.913 bits per heavy atom. The van der Waals surface area contributed by atoms with E-state index in [0.717, 1.165) is 16.2 Å². The minimum absolute atomic E-state index is 0.0144. The molecular formula is C19H11NO3. The van der Waals surface area contributed by atoms with E-state index >= 15 is 0 Å². The highest BCUT2D eigenvalue weighted by Crippen LogP contribution is 2.23. The van der Waals surface area contributed by atoms with E-state index < -0.39 is 4.92 Å². The van der Waals surface area contributed by atoms with Gasteiger partial charge in [-0.3, -0.25) is 14.9 Å². The van der Waals surface area contributed by atoms with Crippen LogP contribution in [0.1, 0.15) is 5.56 Å². The second kappa shape index (κ2) is 4.88. The molecule has 4 rings (SSSR count). The minimum atomic E-state index is -0.437. The zero-order chi connectivity index (χ0) is 16.0. The molecule has 0 aliphatic carbocycles. The van der Waals surface area contributed by atoms with E-state index in [1.807, 2.05) is 36.4 Å². The number of benzene rings is 3. The Morgan fingerprint density at radius 2 is 1.61 bits per heavy atom. The van der Waals surface area contributed by atoms with Crippen molar-refractivity contribution < 1.29 is 4.92 Å². The first-order chi connectivity index (χ1) is 11.1. The molecule has 0 unspecified atom stereocenters. The molecule has 0 aromatic heterocycles. The van der Waals surface area contributed by atoms with Crippen LogP contribution in [0.15, 0.2) is 65.5 Å². The van der Waals surface area contributed by atoms with Gasteiger partial charge >= 0.3 is 0 Å². The summed E-state index contributed by atoms with van der Waals surface area (Å²) in [5.74, 6) is 0. The lowest BCUT2D eigenvalue weighted by atomic mass is 10.1. The lowest BCUT2D eigenvalue weighted by molar-refractivity contribution is -0.384. The Kier molecular flexibility index (Phi) is 2.84. The van der Waals surface area contributed by atoms with Crippen LogP contribution >= 0.6 is 0 Å². The second-order valence-corrected chi connectivity index (χ2v) is 5.45.